The average molecular weight is 148 g/mol. The van der Waals surface area contributed by atoms with Gasteiger partial charge in [-0.25, -0.2) is 0 Å². The van der Waals surface area contributed by atoms with E-state index in [0.717, 1.165) is 6.42 Å². The maximum Gasteiger partial charge on any atom is 0.0477 e. The topological polar surface area (TPSA) is 20.2 Å². The molecule has 0 heterocycles. The van der Waals surface area contributed by atoms with Gasteiger partial charge < -0.3 is 5.11 Å². The van der Waals surface area contributed by atoms with Crippen molar-refractivity contribution < 1.29 is 5.11 Å². The maximum absolute atomic E-state index is 8.90. The van der Waals surface area contributed by atoms with Gasteiger partial charge in [-0.05, 0) is 12.5 Å². The van der Waals surface area contributed by atoms with Crippen molar-refractivity contribution in [2.45, 2.75) is 6.42 Å². The summed E-state index contributed by atoms with van der Waals surface area (Å²) in [4.78, 5) is 0. The predicted molar refractivity (Wildman–Crippen MR) is 45.8 cm³/mol. The summed E-state index contributed by atoms with van der Waals surface area (Å²) in [6, 6.07) is 0. The smallest absolute Gasteiger partial charge is 0.0477 e. The van der Waals surface area contributed by atoms with Crippen molar-refractivity contribution in [2.75, 3.05) is 6.61 Å². The van der Waals surface area contributed by atoms with Crippen molar-refractivity contribution in [1.29, 1.82) is 0 Å². The summed E-state index contributed by atoms with van der Waals surface area (Å²) >= 11 is 0. The van der Waals surface area contributed by atoms with Crippen molar-refractivity contribution >= 4 is 0 Å². The van der Waals surface area contributed by atoms with Crippen LogP contribution >= 0.6 is 0 Å². The van der Waals surface area contributed by atoms with E-state index in [-0.39, 0.29) is 12.5 Å². The third-order valence-corrected chi connectivity index (χ3v) is 1.88. The lowest BCUT2D eigenvalue weighted by Gasteiger charge is -2.09. The average Bonchev–Trinajstić information content (AvgIpc) is 2.47. The van der Waals surface area contributed by atoms with E-state index in [1.807, 2.05) is 0 Å². The molecular weight excluding hydrogens is 136 g/mol. The zero-order chi connectivity index (χ0) is 8.10. The summed E-state index contributed by atoms with van der Waals surface area (Å²) in [6.07, 6.45) is 6.66. The quantitative estimate of drug-likeness (QED) is 0.439. The van der Waals surface area contributed by atoms with Gasteiger partial charge in [0.25, 0.3) is 0 Å². The van der Waals surface area contributed by atoms with Crippen LogP contribution in [0.5, 0.6) is 0 Å². The fraction of sp³-hybridized carbons (Fsp3) is 0.400. The van der Waals surface area contributed by atoms with E-state index in [1.54, 1.807) is 6.08 Å². The van der Waals surface area contributed by atoms with Crippen LogP contribution in [0.2, 0.25) is 0 Å². The van der Waals surface area contributed by atoms with Crippen LogP contribution in [0.1, 0.15) is 6.42 Å². The molecule has 0 radical (unpaired) electrons. The molecule has 2 atom stereocenters. The summed E-state index contributed by atoms with van der Waals surface area (Å²) in [5, 5.41) is 8.90. The molecule has 0 spiro atoms. The monoisotopic (exact) mass is 148 g/mol. The number of hydrogen-bond donors (Lipinski definition) is 1. The lowest BCUT2D eigenvalue weighted by atomic mass is 9.97. The molecule has 1 aliphatic carbocycles. The van der Waals surface area contributed by atoms with E-state index >= 15 is 0 Å². The van der Waals surface area contributed by atoms with Gasteiger partial charge in [0.1, 0.15) is 0 Å². The van der Waals surface area contributed by atoms with Crippen LogP contribution in [0.3, 0.4) is 0 Å². The lowest BCUT2D eigenvalue weighted by Crippen LogP contribution is -2.10. The van der Waals surface area contributed by atoms with Crippen LogP contribution in [0.25, 0.3) is 0 Å². The molecular formula is C10H12O. The minimum atomic E-state index is 0.226. The Labute approximate surface area is 67.4 Å². The SMILES string of the molecule is C=CC#C[C@@H]1C=CC[C@@H]1CO. The summed E-state index contributed by atoms with van der Waals surface area (Å²) in [6.45, 7) is 3.74. The molecule has 1 aliphatic rings. The van der Waals surface area contributed by atoms with Crippen molar-refractivity contribution in [3.8, 4) is 11.8 Å². The zero-order valence-electron chi connectivity index (χ0n) is 6.46. The second-order valence-corrected chi connectivity index (χ2v) is 2.63. The van der Waals surface area contributed by atoms with Gasteiger partial charge in [0.05, 0.1) is 0 Å². The molecule has 0 aromatic carbocycles. The molecule has 11 heavy (non-hydrogen) atoms. The van der Waals surface area contributed by atoms with Gasteiger partial charge in [0, 0.05) is 18.4 Å². The third kappa shape index (κ3) is 1.96. The highest BCUT2D eigenvalue weighted by atomic mass is 16.3. The molecule has 0 aromatic heterocycles. The fourth-order valence-corrected chi connectivity index (χ4v) is 1.21. The molecule has 0 bridgehead atoms. The standard InChI is InChI=1S/C10H12O/c1-2-3-5-9-6-4-7-10(9)8-11/h2,4,6,9-11H,1,7-8H2/t9-,10-/m1/s1. The van der Waals surface area contributed by atoms with Crippen molar-refractivity contribution in [3.05, 3.63) is 24.8 Å². The highest BCUT2D eigenvalue weighted by Gasteiger charge is 2.19. The molecule has 1 nitrogen and oxygen atoms in total. The van der Waals surface area contributed by atoms with Gasteiger partial charge in [-0.2, -0.15) is 0 Å². The number of aliphatic hydroxyl groups excluding tert-OH is 1. The van der Waals surface area contributed by atoms with E-state index in [1.165, 1.54) is 0 Å². The Morgan fingerprint density at radius 3 is 3.18 bits per heavy atom. The molecule has 0 saturated heterocycles. The van der Waals surface area contributed by atoms with Crippen molar-refractivity contribution in [2.24, 2.45) is 11.8 Å². The molecule has 1 rings (SSSR count). The van der Waals surface area contributed by atoms with E-state index in [0.29, 0.717) is 5.92 Å². The van der Waals surface area contributed by atoms with Gasteiger partial charge >= 0.3 is 0 Å². The maximum atomic E-state index is 8.90. The normalized spacial score (nSPS) is 27.7. The van der Waals surface area contributed by atoms with E-state index in [9.17, 15) is 0 Å². The first-order chi connectivity index (χ1) is 5.38. The molecule has 1 heteroatoms. The predicted octanol–water partition coefficient (Wildman–Crippen LogP) is 1.36. The molecule has 0 unspecified atom stereocenters. The van der Waals surface area contributed by atoms with Crippen LogP contribution in [0, 0.1) is 23.7 Å². The largest absolute Gasteiger partial charge is 0.396 e. The Kier molecular flexibility index (Phi) is 2.95. The van der Waals surface area contributed by atoms with Crippen LogP contribution < -0.4 is 0 Å². The summed E-state index contributed by atoms with van der Waals surface area (Å²) in [7, 11) is 0. The Morgan fingerprint density at radius 1 is 1.73 bits per heavy atom. The van der Waals surface area contributed by atoms with E-state index < -0.39 is 0 Å². The number of hydrogen-bond acceptors (Lipinski definition) is 1. The summed E-state index contributed by atoms with van der Waals surface area (Å²) in [5.41, 5.74) is 0. The van der Waals surface area contributed by atoms with Crippen LogP contribution in [0.4, 0.5) is 0 Å². The van der Waals surface area contributed by atoms with Gasteiger partial charge in [-0.3, -0.25) is 0 Å². The van der Waals surface area contributed by atoms with E-state index in [2.05, 4.69) is 30.6 Å². The minimum Gasteiger partial charge on any atom is -0.396 e. The molecule has 58 valence electrons. The Hall–Kier alpha value is -1.00. The van der Waals surface area contributed by atoms with E-state index in [4.69, 9.17) is 5.11 Å². The number of allylic oxidation sites excluding steroid dienone is 3. The van der Waals surface area contributed by atoms with Gasteiger partial charge in [0.2, 0.25) is 0 Å². The molecule has 0 amide bonds. The highest BCUT2D eigenvalue weighted by molar-refractivity contribution is 5.21. The molecule has 0 fully saturated rings. The number of rotatable bonds is 1. The lowest BCUT2D eigenvalue weighted by molar-refractivity contribution is 0.218. The van der Waals surface area contributed by atoms with Crippen LogP contribution in [-0.2, 0) is 0 Å². The van der Waals surface area contributed by atoms with Gasteiger partial charge in [-0.1, -0.05) is 30.6 Å². The van der Waals surface area contributed by atoms with Gasteiger partial charge in [-0.15, -0.1) is 0 Å². The Balaban J connectivity index is 2.56. The third-order valence-electron chi connectivity index (χ3n) is 1.88. The second kappa shape index (κ2) is 4.00. The van der Waals surface area contributed by atoms with Crippen LogP contribution in [0.15, 0.2) is 24.8 Å². The van der Waals surface area contributed by atoms with Gasteiger partial charge in [0.15, 0.2) is 0 Å². The van der Waals surface area contributed by atoms with Crippen LogP contribution in [-0.4, -0.2) is 11.7 Å². The van der Waals surface area contributed by atoms with Crippen molar-refractivity contribution in [1.82, 2.24) is 0 Å². The molecule has 0 saturated carbocycles. The first kappa shape index (κ1) is 8.10. The first-order valence-corrected chi connectivity index (χ1v) is 3.78. The molecule has 0 aromatic rings. The van der Waals surface area contributed by atoms with Crippen molar-refractivity contribution in [3.63, 3.8) is 0 Å². The highest BCUT2D eigenvalue weighted by Crippen LogP contribution is 2.23. The summed E-state index contributed by atoms with van der Waals surface area (Å²) in [5.74, 6) is 6.37. The Morgan fingerprint density at radius 2 is 2.55 bits per heavy atom. The number of aliphatic hydroxyl groups is 1. The second-order valence-electron chi connectivity index (χ2n) is 2.63. The molecule has 1 N–H and O–H groups in total. The Bertz CT molecular complexity index is 217. The zero-order valence-corrected chi connectivity index (χ0v) is 6.46. The fourth-order valence-electron chi connectivity index (χ4n) is 1.21. The minimum absolute atomic E-state index is 0.226. The molecule has 0 aliphatic heterocycles. The summed E-state index contributed by atoms with van der Waals surface area (Å²) < 4.78 is 0. The first-order valence-electron chi connectivity index (χ1n) is 3.78.